The number of rotatable bonds is 2. The van der Waals surface area contributed by atoms with E-state index in [9.17, 15) is 0 Å². The molecule has 0 saturated carbocycles. The molecule has 0 fully saturated rings. The van der Waals surface area contributed by atoms with Crippen molar-refractivity contribution >= 4 is 22.9 Å². The van der Waals surface area contributed by atoms with Gasteiger partial charge in [-0.05, 0) is 11.6 Å². The quantitative estimate of drug-likeness (QED) is 0.375. The lowest BCUT2D eigenvalue weighted by atomic mass is 10.5. The topological polar surface area (TPSA) is 48.8 Å². The third-order valence-electron chi connectivity index (χ3n) is 0.912. The van der Waals surface area contributed by atoms with Gasteiger partial charge in [-0.1, -0.05) is 16.7 Å². The van der Waals surface area contributed by atoms with Crippen LogP contribution in [0.2, 0.25) is 5.02 Å². The maximum atomic E-state index is 7.96. The zero-order valence-corrected chi connectivity index (χ0v) is 6.56. The number of nitrogens with zero attached hydrogens (tertiary/aromatic N) is 3. The first kappa shape index (κ1) is 7.41. The van der Waals surface area contributed by atoms with Crippen LogP contribution >= 0.6 is 22.9 Å². The monoisotopic (exact) mass is 173 g/mol. The summed E-state index contributed by atoms with van der Waals surface area (Å²) in [5.74, 6) is 0. The van der Waals surface area contributed by atoms with Crippen LogP contribution in [0.5, 0.6) is 0 Å². The number of thiophene rings is 1. The summed E-state index contributed by atoms with van der Waals surface area (Å²) in [5.41, 5.74) is 7.96. The number of azide groups is 1. The van der Waals surface area contributed by atoms with Crippen LogP contribution < -0.4 is 0 Å². The molecule has 0 aliphatic heterocycles. The van der Waals surface area contributed by atoms with Crippen molar-refractivity contribution in [2.45, 2.75) is 6.54 Å². The highest BCUT2D eigenvalue weighted by Crippen LogP contribution is 2.19. The van der Waals surface area contributed by atoms with Crippen molar-refractivity contribution in [3.8, 4) is 0 Å². The van der Waals surface area contributed by atoms with Gasteiger partial charge < -0.3 is 0 Å². The van der Waals surface area contributed by atoms with Gasteiger partial charge in [-0.2, -0.15) is 0 Å². The molecular weight excluding hydrogens is 170 g/mol. The van der Waals surface area contributed by atoms with E-state index >= 15 is 0 Å². The fourth-order valence-corrected chi connectivity index (χ4v) is 1.53. The van der Waals surface area contributed by atoms with Gasteiger partial charge in [-0.15, -0.1) is 11.3 Å². The van der Waals surface area contributed by atoms with Gasteiger partial charge in [0.15, 0.2) is 0 Å². The van der Waals surface area contributed by atoms with E-state index in [1.165, 1.54) is 11.3 Å². The Morgan fingerprint density at radius 1 is 1.80 bits per heavy atom. The second kappa shape index (κ2) is 3.46. The van der Waals surface area contributed by atoms with Crippen LogP contribution in [0.15, 0.2) is 16.6 Å². The highest BCUT2D eigenvalue weighted by Gasteiger charge is 1.93. The van der Waals surface area contributed by atoms with Gasteiger partial charge in [-0.3, -0.25) is 0 Å². The van der Waals surface area contributed by atoms with E-state index in [2.05, 4.69) is 10.0 Å². The normalized spacial score (nSPS) is 8.90. The average Bonchev–Trinajstić information content (AvgIpc) is 2.31. The summed E-state index contributed by atoms with van der Waals surface area (Å²) in [7, 11) is 0. The highest BCUT2D eigenvalue weighted by atomic mass is 35.5. The lowest BCUT2D eigenvalue weighted by molar-refractivity contribution is 1.08. The highest BCUT2D eigenvalue weighted by molar-refractivity contribution is 7.10. The number of hydrogen-bond acceptors (Lipinski definition) is 2. The molecule has 0 bridgehead atoms. The fraction of sp³-hybridized carbons (Fsp3) is 0.200. The van der Waals surface area contributed by atoms with Gasteiger partial charge in [-0.25, -0.2) is 0 Å². The molecule has 0 amide bonds. The molecule has 0 aliphatic carbocycles. The Kier molecular flexibility index (Phi) is 2.57. The summed E-state index contributed by atoms with van der Waals surface area (Å²) in [6.45, 7) is 0.397. The minimum Gasteiger partial charge on any atom is -0.147 e. The standard InChI is InChI=1S/C5H4ClN3S/c6-4-1-5(10-3-4)2-8-9-7/h1,3H,2H2. The Morgan fingerprint density at radius 2 is 2.60 bits per heavy atom. The Hall–Kier alpha value is -0.700. The summed E-state index contributed by atoms with van der Waals surface area (Å²) in [6, 6.07) is 1.79. The number of halogens is 1. The molecule has 1 aromatic rings. The first-order valence-corrected chi connectivity index (χ1v) is 3.82. The van der Waals surface area contributed by atoms with Crippen molar-refractivity contribution < 1.29 is 0 Å². The zero-order valence-electron chi connectivity index (χ0n) is 4.99. The molecule has 52 valence electrons. The van der Waals surface area contributed by atoms with Crippen molar-refractivity contribution in [3.05, 3.63) is 31.8 Å². The van der Waals surface area contributed by atoms with Gasteiger partial charge in [0.1, 0.15) is 0 Å². The molecular formula is C5H4ClN3S. The first-order chi connectivity index (χ1) is 4.83. The van der Waals surface area contributed by atoms with Crippen molar-refractivity contribution in [2.24, 2.45) is 5.11 Å². The van der Waals surface area contributed by atoms with E-state index in [0.29, 0.717) is 11.6 Å². The molecule has 1 aromatic heterocycles. The molecule has 0 aromatic carbocycles. The molecule has 0 unspecified atom stereocenters. The van der Waals surface area contributed by atoms with E-state index in [1.807, 2.05) is 5.38 Å². The summed E-state index contributed by atoms with van der Waals surface area (Å²) in [6.07, 6.45) is 0. The molecule has 1 heterocycles. The lowest BCUT2D eigenvalue weighted by Crippen LogP contribution is -1.67. The average molecular weight is 174 g/mol. The Balaban J connectivity index is 2.66. The molecule has 0 atom stereocenters. The molecule has 5 heteroatoms. The van der Waals surface area contributed by atoms with Crippen LogP contribution in [-0.2, 0) is 6.54 Å². The van der Waals surface area contributed by atoms with Gasteiger partial charge >= 0.3 is 0 Å². The first-order valence-electron chi connectivity index (χ1n) is 2.56. The number of hydrogen-bond donors (Lipinski definition) is 0. The van der Waals surface area contributed by atoms with Crippen molar-refractivity contribution in [1.82, 2.24) is 0 Å². The molecule has 0 spiro atoms. The second-order valence-electron chi connectivity index (χ2n) is 1.62. The minimum absolute atomic E-state index is 0.397. The molecule has 10 heavy (non-hydrogen) atoms. The Labute approximate surface area is 66.9 Å². The fourth-order valence-electron chi connectivity index (χ4n) is 0.538. The zero-order chi connectivity index (χ0) is 7.40. The second-order valence-corrected chi connectivity index (χ2v) is 3.05. The summed E-state index contributed by atoms with van der Waals surface area (Å²) in [5, 5.41) is 5.90. The van der Waals surface area contributed by atoms with E-state index < -0.39 is 0 Å². The molecule has 0 radical (unpaired) electrons. The third-order valence-corrected chi connectivity index (χ3v) is 2.18. The van der Waals surface area contributed by atoms with Crippen molar-refractivity contribution in [2.75, 3.05) is 0 Å². The predicted molar refractivity (Wildman–Crippen MR) is 42.2 cm³/mol. The van der Waals surface area contributed by atoms with Crippen LogP contribution in [0.1, 0.15) is 4.88 Å². The lowest BCUT2D eigenvalue weighted by Gasteiger charge is -1.80. The Bertz CT molecular complexity index is 264. The van der Waals surface area contributed by atoms with Gasteiger partial charge in [0.25, 0.3) is 0 Å². The van der Waals surface area contributed by atoms with Gasteiger partial charge in [0.2, 0.25) is 0 Å². The van der Waals surface area contributed by atoms with E-state index in [1.54, 1.807) is 6.07 Å². The SMILES string of the molecule is [N-]=[N+]=NCc1cc(Cl)cs1. The van der Waals surface area contributed by atoms with Crippen molar-refractivity contribution in [1.29, 1.82) is 0 Å². The smallest absolute Gasteiger partial charge is 0.0605 e. The van der Waals surface area contributed by atoms with E-state index in [0.717, 1.165) is 4.88 Å². The molecule has 0 N–H and O–H groups in total. The van der Waals surface area contributed by atoms with Gasteiger partial charge in [0, 0.05) is 15.2 Å². The van der Waals surface area contributed by atoms with Crippen LogP contribution in [0.3, 0.4) is 0 Å². The van der Waals surface area contributed by atoms with Crippen LogP contribution in [0.4, 0.5) is 0 Å². The predicted octanol–water partition coefficient (Wildman–Crippen LogP) is 3.21. The maximum Gasteiger partial charge on any atom is 0.0605 e. The molecule has 3 nitrogen and oxygen atoms in total. The van der Waals surface area contributed by atoms with Crippen LogP contribution in [0.25, 0.3) is 10.4 Å². The van der Waals surface area contributed by atoms with E-state index in [-0.39, 0.29) is 0 Å². The largest absolute Gasteiger partial charge is 0.147 e. The Morgan fingerprint density at radius 3 is 3.10 bits per heavy atom. The molecule has 1 rings (SSSR count). The summed E-state index contributed by atoms with van der Waals surface area (Å²) < 4.78 is 0. The van der Waals surface area contributed by atoms with Crippen LogP contribution in [0, 0.1) is 0 Å². The van der Waals surface area contributed by atoms with Crippen molar-refractivity contribution in [3.63, 3.8) is 0 Å². The minimum atomic E-state index is 0.397. The maximum absolute atomic E-state index is 7.96. The molecule has 0 saturated heterocycles. The molecule has 0 aliphatic rings. The van der Waals surface area contributed by atoms with Gasteiger partial charge in [0.05, 0.1) is 11.6 Å². The summed E-state index contributed by atoms with van der Waals surface area (Å²) in [4.78, 5) is 3.62. The third kappa shape index (κ3) is 1.92. The van der Waals surface area contributed by atoms with E-state index in [4.69, 9.17) is 17.1 Å². The van der Waals surface area contributed by atoms with Crippen LogP contribution in [-0.4, -0.2) is 0 Å². The summed E-state index contributed by atoms with van der Waals surface area (Å²) >= 11 is 7.11.